The predicted octanol–water partition coefficient (Wildman–Crippen LogP) is 6.16. The van der Waals surface area contributed by atoms with Crippen LogP contribution in [0.25, 0.3) is 4.85 Å². The first kappa shape index (κ1) is 22.5. The number of benzene rings is 1. The van der Waals surface area contributed by atoms with Crippen molar-refractivity contribution in [2.75, 3.05) is 11.4 Å². The lowest BCUT2D eigenvalue weighted by atomic mass is 9.41. The highest BCUT2D eigenvalue weighted by molar-refractivity contribution is 6.00. The summed E-state index contributed by atoms with van der Waals surface area (Å²) in [7, 11) is 0. The van der Waals surface area contributed by atoms with Crippen LogP contribution in [0.5, 0.6) is 0 Å². The molecule has 1 aromatic carbocycles. The van der Waals surface area contributed by atoms with Crippen LogP contribution in [-0.2, 0) is 16.4 Å². The zero-order chi connectivity index (χ0) is 24.7. The number of carbonyl (C=O) groups is 1. The van der Waals surface area contributed by atoms with Crippen LogP contribution in [0.4, 0.5) is 28.9 Å². The number of hydrogen-bond donors (Lipinski definition) is 0. The minimum absolute atomic E-state index is 0.0797. The van der Waals surface area contributed by atoms with Crippen molar-refractivity contribution in [1.82, 2.24) is 10.1 Å². The maximum atomic E-state index is 14.2. The molecule has 184 valence electrons. The molecule has 1 heterocycles. The number of anilines is 1. The van der Waals surface area contributed by atoms with Gasteiger partial charge in [-0.1, -0.05) is 17.3 Å². The summed E-state index contributed by atoms with van der Waals surface area (Å²) in [5, 5.41) is 3.68. The van der Waals surface area contributed by atoms with Crippen LogP contribution in [0.2, 0.25) is 0 Å². The summed E-state index contributed by atoms with van der Waals surface area (Å²) in [6.45, 7) is 7.80. The molecule has 10 heteroatoms. The second kappa shape index (κ2) is 7.05. The van der Waals surface area contributed by atoms with E-state index in [1.807, 2.05) is 6.07 Å². The molecule has 0 N–H and O–H groups in total. The normalized spacial score (nSPS) is 35.1. The summed E-state index contributed by atoms with van der Waals surface area (Å²) >= 11 is 0. The average molecular weight is 488 g/mol. The molecule has 6 aliphatic rings. The molecule has 0 atom stereocenters. The van der Waals surface area contributed by atoms with Crippen LogP contribution in [-0.4, -0.2) is 28.3 Å². The number of halogens is 4. The van der Waals surface area contributed by atoms with E-state index in [-0.39, 0.29) is 36.4 Å². The molecule has 6 saturated carbocycles. The third-order valence-corrected chi connectivity index (χ3v) is 8.97. The first-order chi connectivity index (χ1) is 16.5. The van der Waals surface area contributed by atoms with E-state index in [0.717, 1.165) is 19.3 Å². The lowest BCUT2D eigenvalue weighted by molar-refractivity contribution is -0.211. The molecule has 0 aliphatic heterocycles. The van der Waals surface area contributed by atoms with Gasteiger partial charge in [-0.3, -0.25) is 4.79 Å². The Bertz CT molecular complexity index is 1200. The van der Waals surface area contributed by atoms with E-state index in [4.69, 9.17) is 6.57 Å². The molecule has 6 aliphatic carbocycles. The molecule has 4 bridgehead atoms. The van der Waals surface area contributed by atoms with Crippen molar-refractivity contribution in [2.24, 2.45) is 10.8 Å². The van der Waals surface area contributed by atoms with Gasteiger partial charge >= 0.3 is 12.1 Å². The Morgan fingerprint density at radius 3 is 2.31 bits per heavy atom. The zero-order valence-corrected chi connectivity index (χ0v) is 19.0. The predicted molar refractivity (Wildman–Crippen MR) is 116 cm³/mol. The van der Waals surface area contributed by atoms with Gasteiger partial charge in [-0.2, -0.15) is 18.2 Å². The molecule has 0 unspecified atom stereocenters. The highest BCUT2D eigenvalue weighted by atomic mass is 19.4. The topological polar surface area (TPSA) is 63.6 Å². The second-order valence-electron chi connectivity index (χ2n) is 11.2. The van der Waals surface area contributed by atoms with E-state index in [1.165, 1.54) is 0 Å². The Balaban J connectivity index is 1.24. The number of hydrogen-bond acceptors (Lipinski definition) is 4. The molecule has 0 saturated heterocycles. The summed E-state index contributed by atoms with van der Waals surface area (Å²) in [4.78, 5) is 22.6. The van der Waals surface area contributed by atoms with Crippen LogP contribution in [0.15, 0.2) is 28.8 Å². The van der Waals surface area contributed by atoms with Crippen LogP contribution < -0.4 is 4.90 Å². The van der Waals surface area contributed by atoms with Crippen molar-refractivity contribution in [3.8, 4) is 0 Å². The third kappa shape index (κ3) is 3.38. The summed E-state index contributed by atoms with van der Waals surface area (Å²) in [6.07, 6.45) is 0.106. The number of fused-ring (bicyclic) bond motifs is 3. The van der Waals surface area contributed by atoms with E-state index in [2.05, 4.69) is 19.5 Å². The average Bonchev–Trinajstić information content (AvgIpc) is 3.33. The van der Waals surface area contributed by atoms with Crippen molar-refractivity contribution in [3.05, 3.63) is 47.4 Å². The maximum Gasteiger partial charge on any atom is 0.471 e. The molecule has 1 aromatic heterocycles. The smallest absolute Gasteiger partial charge is 0.329 e. The summed E-state index contributed by atoms with van der Waals surface area (Å²) in [5.41, 5.74) is -1.51. The Kier molecular flexibility index (Phi) is 4.53. The number of nitrogens with zero attached hydrogens (tertiary/aromatic N) is 4. The number of alkyl halides is 4. The van der Waals surface area contributed by atoms with Crippen molar-refractivity contribution in [1.29, 1.82) is 0 Å². The molecule has 0 radical (unpaired) electrons. The molecule has 8 rings (SSSR count). The van der Waals surface area contributed by atoms with Gasteiger partial charge in [-0.25, -0.2) is 9.24 Å². The van der Waals surface area contributed by atoms with E-state index < -0.39 is 28.6 Å². The summed E-state index contributed by atoms with van der Waals surface area (Å²) in [5.74, 6) is -1.27. The standard InChI is InChI=1S/C25H24F4N4O2/c1-30-16-3-2-4-17(11-16)33(20(34)23-12-24(26,13-23)14-23)15-21-5-8-22(9-6-21,10-7-21)18-31-19(35-32-18)25(27,28)29/h2-4,11H,5-10,12-15H2. The van der Waals surface area contributed by atoms with E-state index >= 15 is 0 Å². The Labute approximate surface area is 199 Å². The molecular formula is C25H24F4N4O2. The summed E-state index contributed by atoms with van der Waals surface area (Å²) in [6, 6.07) is 6.95. The zero-order valence-electron chi connectivity index (χ0n) is 19.0. The largest absolute Gasteiger partial charge is 0.471 e. The molecule has 0 spiro atoms. The molecule has 35 heavy (non-hydrogen) atoms. The van der Waals surface area contributed by atoms with Gasteiger partial charge in [0.25, 0.3) is 0 Å². The molecule has 1 amide bonds. The van der Waals surface area contributed by atoms with E-state index in [9.17, 15) is 22.4 Å². The fraction of sp³-hybridized carbons (Fsp3) is 0.600. The Morgan fingerprint density at radius 2 is 1.77 bits per heavy atom. The lowest BCUT2D eigenvalue weighted by Crippen LogP contribution is -2.71. The minimum atomic E-state index is -4.67. The van der Waals surface area contributed by atoms with Gasteiger partial charge in [0.15, 0.2) is 11.5 Å². The van der Waals surface area contributed by atoms with Crippen LogP contribution in [0, 0.1) is 17.4 Å². The summed E-state index contributed by atoms with van der Waals surface area (Å²) < 4.78 is 57.7. The van der Waals surface area contributed by atoms with Crippen LogP contribution in [0.1, 0.15) is 69.5 Å². The van der Waals surface area contributed by atoms with Crippen LogP contribution in [0.3, 0.4) is 0 Å². The molecular weight excluding hydrogens is 464 g/mol. The lowest BCUT2D eigenvalue weighted by Gasteiger charge is -2.65. The van der Waals surface area contributed by atoms with Crippen molar-refractivity contribution < 1.29 is 26.9 Å². The fourth-order valence-corrected chi connectivity index (χ4v) is 6.91. The Hall–Kier alpha value is -2.96. The highest BCUT2D eigenvalue weighted by Crippen LogP contribution is 2.70. The monoisotopic (exact) mass is 488 g/mol. The van der Waals surface area contributed by atoms with Gasteiger partial charge in [0.1, 0.15) is 5.67 Å². The van der Waals surface area contributed by atoms with Gasteiger partial charge in [0.2, 0.25) is 5.91 Å². The van der Waals surface area contributed by atoms with Gasteiger partial charge < -0.3 is 9.42 Å². The van der Waals surface area contributed by atoms with Gasteiger partial charge in [-0.15, -0.1) is 0 Å². The molecule has 6 nitrogen and oxygen atoms in total. The number of rotatable bonds is 5. The van der Waals surface area contributed by atoms with E-state index in [0.29, 0.717) is 37.2 Å². The Morgan fingerprint density at radius 1 is 1.11 bits per heavy atom. The minimum Gasteiger partial charge on any atom is -0.329 e. The second-order valence-corrected chi connectivity index (χ2v) is 11.2. The number of aromatic nitrogens is 2. The van der Waals surface area contributed by atoms with Gasteiger partial charge in [0, 0.05) is 17.6 Å². The van der Waals surface area contributed by atoms with Gasteiger partial charge in [-0.05, 0) is 75.3 Å². The highest BCUT2D eigenvalue weighted by Gasteiger charge is 2.73. The fourth-order valence-electron chi connectivity index (χ4n) is 6.91. The van der Waals surface area contributed by atoms with Crippen LogP contribution >= 0.6 is 0 Å². The van der Waals surface area contributed by atoms with Crippen molar-refractivity contribution in [3.63, 3.8) is 0 Å². The van der Waals surface area contributed by atoms with E-state index in [1.54, 1.807) is 23.1 Å². The number of carbonyl (C=O) groups excluding carboxylic acids is 1. The number of amides is 1. The van der Waals surface area contributed by atoms with Crippen molar-refractivity contribution in [2.45, 2.75) is 75.0 Å². The first-order valence-electron chi connectivity index (χ1n) is 11.9. The van der Waals surface area contributed by atoms with Gasteiger partial charge in [0.05, 0.1) is 12.0 Å². The first-order valence-corrected chi connectivity index (χ1v) is 11.9. The molecule has 6 fully saturated rings. The quantitative estimate of drug-likeness (QED) is 0.374. The third-order valence-electron chi connectivity index (χ3n) is 8.97. The van der Waals surface area contributed by atoms with Crippen molar-refractivity contribution >= 4 is 17.3 Å². The maximum absolute atomic E-state index is 14.2. The SMILES string of the molecule is [C-]#[N+]c1cccc(N(CC23CCC(c4noc(C(F)(F)F)n4)(CC2)CC3)C(=O)C23CC(F)(C2)C3)c1. The molecule has 2 aromatic rings.